The van der Waals surface area contributed by atoms with Crippen molar-refractivity contribution in [3.8, 4) is 23.0 Å². The molecule has 4 aromatic rings. The minimum absolute atomic E-state index is 0.0189. The highest BCUT2D eigenvalue weighted by Crippen LogP contribution is 2.36. The first-order valence-electron chi connectivity index (χ1n) is 12.8. The number of nitrogens with zero attached hydrogens (tertiary/aromatic N) is 3. The Bertz CT molecular complexity index is 1700. The summed E-state index contributed by atoms with van der Waals surface area (Å²) in [4.78, 5) is 9.41. The summed E-state index contributed by atoms with van der Waals surface area (Å²) in [5.41, 5.74) is 2.02. The van der Waals surface area contributed by atoms with Crippen LogP contribution in [-0.2, 0) is 31.3 Å². The van der Waals surface area contributed by atoms with Gasteiger partial charge in [0.05, 0.1) is 33.6 Å². The van der Waals surface area contributed by atoms with Gasteiger partial charge in [-0.05, 0) is 48.5 Å². The van der Waals surface area contributed by atoms with Crippen LogP contribution >= 0.6 is 0 Å². The van der Waals surface area contributed by atoms with Crippen LogP contribution in [0.2, 0.25) is 25.7 Å². The molecular weight excluding hydrogens is 569 g/mol. The van der Waals surface area contributed by atoms with Gasteiger partial charge in [-0.2, -0.15) is 0 Å². The summed E-state index contributed by atoms with van der Waals surface area (Å²) >= 11 is 0. The van der Waals surface area contributed by atoms with Crippen molar-refractivity contribution < 1.29 is 26.3 Å². The summed E-state index contributed by atoms with van der Waals surface area (Å²) in [6.07, 6.45) is 2.73. The molecule has 13 heteroatoms. The molecule has 0 amide bonds. The van der Waals surface area contributed by atoms with Crippen molar-refractivity contribution in [2.75, 3.05) is 23.3 Å². The molecule has 0 unspecified atom stereocenters. The Balaban J connectivity index is 1.79. The topological polar surface area (TPSA) is 129 Å². The van der Waals surface area contributed by atoms with Crippen LogP contribution in [0.5, 0.6) is 11.5 Å². The number of anilines is 1. The quantitative estimate of drug-likeness (QED) is 0.169. The predicted octanol–water partition coefficient (Wildman–Crippen LogP) is 5.37. The minimum Gasteiger partial charge on any atom is -0.455 e. The van der Waals surface area contributed by atoms with E-state index >= 15 is 0 Å². The molecule has 0 aliphatic rings. The van der Waals surface area contributed by atoms with Crippen molar-refractivity contribution in [2.24, 2.45) is 0 Å². The molecule has 214 valence electrons. The molecule has 40 heavy (non-hydrogen) atoms. The summed E-state index contributed by atoms with van der Waals surface area (Å²) in [6.45, 7) is 9.25. The van der Waals surface area contributed by atoms with E-state index in [1.54, 1.807) is 25.3 Å². The Morgan fingerprint density at radius 3 is 2.33 bits per heavy atom. The number of ether oxygens (including phenoxy) is 2. The fourth-order valence-electron chi connectivity index (χ4n) is 3.88. The molecule has 0 radical (unpaired) electrons. The van der Waals surface area contributed by atoms with Gasteiger partial charge < -0.3 is 9.47 Å². The second-order valence-electron chi connectivity index (χ2n) is 10.6. The fourth-order valence-corrected chi connectivity index (χ4v) is 6.08. The first-order valence-corrected chi connectivity index (χ1v) is 20.0. The molecular formula is C27H34N4O6S2Si. The van der Waals surface area contributed by atoms with E-state index in [0.29, 0.717) is 34.9 Å². The molecule has 0 saturated carbocycles. The third-order valence-corrected chi connectivity index (χ3v) is 10.1. The Morgan fingerprint density at radius 2 is 1.73 bits per heavy atom. The summed E-state index contributed by atoms with van der Waals surface area (Å²) in [5, 5.41) is 0. The Hall–Kier alpha value is -3.26. The van der Waals surface area contributed by atoms with Crippen molar-refractivity contribution in [1.82, 2.24) is 14.5 Å². The molecule has 0 bridgehead atoms. The first kappa shape index (κ1) is 29.7. The highest BCUT2D eigenvalue weighted by molar-refractivity contribution is 7.92. The van der Waals surface area contributed by atoms with Crippen molar-refractivity contribution in [1.29, 1.82) is 0 Å². The molecule has 4 rings (SSSR count). The number of sulfone groups is 1. The van der Waals surface area contributed by atoms with Crippen molar-refractivity contribution in [3.63, 3.8) is 0 Å². The highest BCUT2D eigenvalue weighted by Gasteiger charge is 2.20. The van der Waals surface area contributed by atoms with Gasteiger partial charge in [-0.1, -0.05) is 32.6 Å². The van der Waals surface area contributed by atoms with E-state index in [4.69, 9.17) is 14.5 Å². The summed E-state index contributed by atoms with van der Waals surface area (Å²) in [5.74, 6) is 1.11. The Morgan fingerprint density at radius 1 is 1.00 bits per heavy atom. The SMILES string of the molecule is CCS(=O)(=O)c1ccc(Oc2cc3c(cc2NS(C)(=O)=O)nc(-c2ccccn2)n3COCC[Si](C)(C)C)cc1. The lowest BCUT2D eigenvalue weighted by atomic mass is 10.2. The molecule has 1 N–H and O–H groups in total. The number of nitrogens with one attached hydrogen (secondary N) is 1. The number of benzene rings is 2. The average Bonchev–Trinajstić information content (AvgIpc) is 3.23. The van der Waals surface area contributed by atoms with Gasteiger partial charge in [0.15, 0.2) is 21.4 Å². The van der Waals surface area contributed by atoms with Crippen molar-refractivity contribution in [2.45, 2.75) is 44.2 Å². The summed E-state index contributed by atoms with van der Waals surface area (Å²) in [7, 11) is -8.33. The number of hydrogen-bond acceptors (Lipinski definition) is 8. The third kappa shape index (κ3) is 7.47. The standard InChI is InChI=1S/C27H34N4O6S2Si/c1-6-39(34,35)21-12-10-20(11-13-21)37-26-18-25-23(17-24(26)30-38(2,32)33)29-27(22-9-7-8-14-28-22)31(25)19-36-15-16-40(3,4)5/h7-14,17-18,30H,6,15-16,19H2,1-5H3. The predicted molar refractivity (Wildman–Crippen MR) is 160 cm³/mol. The maximum atomic E-state index is 12.2. The van der Waals surface area contributed by atoms with E-state index in [-0.39, 0.29) is 28.8 Å². The van der Waals surface area contributed by atoms with E-state index in [0.717, 1.165) is 12.3 Å². The molecule has 0 saturated heterocycles. The van der Waals surface area contributed by atoms with E-state index in [2.05, 4.69) is 29.3 Å². The molecule has 0 spiro atoms. The van der Waals surface area contributed by atoms with Crippen LogP contribution in [0.4, 0.5) is 5.69 Å². The zero-order valence-electron chi connectivity index (χ0n) is 23.2. The van der Waals surface area contributed by atoms with E-state index in [9.17, 15) is 16.8 Å². The van der Waals surface area contributed by atoms with Gasteiger partial charge in [-0.25, -0.2) is 21.8 Å². The number of rotatable bonds is 12. The van der Waals surface area contributed by atoms with Crippen LogP contribution in [0.25, 0.3) is 22.6 Å². The molecule has 0 aliphatic carbocycles. The molecule has 0 aliphatic heterocycles. The maximum absolute atomic E-state index is 12.2. The molecule has 2 aromatic heterocycles. The van der Waals surface area contributed by atoms with Gasteiger partial charge in [0, 0.05) is 26.9 Å². The molecule has 2 aromatic carbocycles. The van der Waals surface area contributed by atoms with Crippen LogP contribution in [0.3, 0.4) is 0 Å². The molecule has 0 atom stereocenters. The monoisotopic (exact) mass is 602 g/mol. The van der Waals surface area contributed by atoms with Crippen LogP contribution < -0.4 is 9.46 Å². The van der Waals surface area contributed by atoms with Crippen molar-refractivity contribution >= 4 is 44.7 Å². The number of imidazole rings is 1. The Labute approximate surface area is 236 Å². The number of pyridine rings is 1. The summed E-state index contributed by atoms with van der Waals surface area (Å²) < 4.78 is 65.3. The summed E-state index contributed by atoms with van der Waals surface area (Å²) in [6, 6.07) is 15.8. The van der Waals surface area contributed by atoms with Gasteiger partial charge in [0.25, 0.3) is 0 Å². The van der Waals surface area contributed by atoms with E-state index < -0.39 is 27.9 Å². The van der Waals surface area contributed by atoms with E-state index in [1.807, 2.05) is 22.8 Å². The minimum atomic E-state index is -3.65. The van der Waals surface area contributed by atoms with Crippen molar-refractivity contribution in [3.05, 3.63) is 60.8 Å². The second kappa shape index (κ2) is 11.7. The molecule has 10 nitrogen and oxygen atoms in total. The van der Waals surface area contributed by atoms with Crippen LogP contribution in [0.1, 0.15) is 6.92 Å². The normalized spacial score (nSPS) is 12.5. The van der Waals surface area contributed by atoms with Crippen LogP contribution in [0.15, 0.2) is 65.7 Å². The first-order chi connectivity index (χ1) is 18.8. The zero-order chi connectivity index (χ0) is 29.1. The smallest absolute Gasteiger partial charge is 0.229 e. The lowest BCUT2D eigenvalue weighted by molar-refractivity contribution is 0.0909. The number of aromatic nitrogens is 3. The van der Waals surface area contributed by atoms with E-state index in [1.165, 1.54) is 24.3 Å². The fraction of sp³-hybridized carbons (Fsp3) is 0.333. The van der Waals surface area contributed by atoms with Gasteiger partial charge in [-0.3, -0.25) is 14.3 Å². The van der Waals surface area contributed by atoms with Crippen LogP contribution in [0, 0.1) is 0 Å². The third-order valence-electron chi connectivity index (χ3n) is 6.05. The number of sulfonamides is 1. The second-order valence-corrected chi connectivity index (χ2v) is 20.3. The Kier molecular flexibility index (Phi) is 8.68. The number of fused-ring (bicyclic) bond motifs is 1. The van der Waals surface area contributed by atoms with Gasteiger partial charge in [0.2, 0.25) is 10.0 Å². The van der Waals surface area contributed by atoms with Crippen LogP contribution in [-0.4, -0.2) is 58.1 Å². The average molecular weight is 603 g/mol. The lowest BCUT2D eigenvalue weighted by Crippen LogP contribution is -2.22. The van der Waals surface area contributed by atoms with Gasteiger partial charge in [0.1, 0.15) is 18.2 Å². The lowest BCUT2D eigenvalue weighted by Gasteiger charge is -2.17. The van der Waals surface area contributed by atoms with Gasteiger partial charge in [-0.15, -0.1) is 0 Å². The largest absolute Gasteiger partial charge is 0.455 e. The number of hydrogen-bond donors (Lipinski definition) is 1. The molecule has 2 heterocycles. The highest BCUT2D eigenvalue weighted by atomic mass is 32.2. The maximum Gasteiger partial charge on any atom is 0.229 e. The van der Waals surface area contributed by atoms with Gasteiger partial charge >= 0.3 is 0 Å². The molecule has 0 fully saturated rings. The zero-order valence-corrected chi connectivity index (χ0v) is 25.8.